The van der Waals surface area contributed by atoms with Crippen LogP contribution < -0.4 is 5.32 Å². The quantitative estimate of drug-likeness (QED) is 0.670. The fraction of sp³-hybridized carbons (Fsp3) is 0.389. The molecule has 0 aromatic heterocycles. The van der Waals surface area contributed by atoms with Crippen LogP contribution in [0.3, 0.4) is 0 Å². The predicted octanol–water partition coefficient (Wildman–Crippen LogP) is 1.88. The molecule has 3 amide bonds. The van der Waals surface area contributed by atoms with Crippen LogP contribution in [0, 0.1) is 23.7 Å². The molecule has 4 atom stereocenters. The number of likely N-dealkylation sites (tertiary alicyclic amines) is 1. The van der Waals surface area contributed by atoms with Crippen LogP contribution in [0.15, 0.2) is 36.4 Å². The van der Waals surface area contributed by atoms with Gasteiger partial charge in [0, 0.05) is 23.7 Å². The van der Waals surface area contributed by atoms with Crippen LogP contribution >= 0.6 is 11.6 Å². The zero-order valence-corrected chi connectivity index (χ0v) is 13.7. The number of nitrogens with one attached hydrogen (secondary N) is 1. The number of hydrogen-bond donors (Lipinski definition) is 1. The lowest BCUT2D eigenvalue weighted by molar-refractivity contribution is -0.140. The molecule has 1 aliphatic heterocycles. The maximum atomic E-state index is 12.5. The number of allylic oxidation sites excluding steroid dienone is 2. The summed E-state index contributed by atoms with van der Waals surface area (Å²) in [6.45, 7) is 0.460. The summed E-state index contributed by atoms with van der Waals surface area (Å²) in [6.07, 6.45) is 5.06. The van der Waals surface area contributed by atoms with Gasteiger partial charge in [0.2, 0.25) is 11.8 Å². The Hall–Kier alpha value is -2.14. The third-order valence-electron chi connectivity index (χ3n) is 5.27. The molecule has 2 bridgehead atoms. The van der Waals surface area contributed by atoms with Gasteiger partial charge in [-0.15, -0.1) is 0 Å². The van der Waals surface area contributed by atoms with Crippen LogP contribution in [-0.2, 0) is 9.59 Å². The summed E-state index contributed by atoms with van der Waals surface area (Å²) in [5, 5.41) is 3.23. The molecule has 4 rings (SSSR count). The van der Waals surface area contributed by atoms with Gasteiger partial charge in [-0.3, -0.25) is 19.3 Å². The second-order valence-electron chi connectivity index (χ2n) is 6.59. The van der Waals surface area contributed by atoms with Gasteiger partial charge >= 0.3 is 0 Å². The molecule has 2 fully saturated rings. The van der Waals surface area contributed by atoms with Gasteiger partial charge < -0.3 is 5.32 Å². The van der Waals surface area contributed by atoms with E-state index in [-0.39, 0.29) is 54.5 Å². The maximum absolute atomic E-state index is 12.5. The van der Waals surface area contributed by atoms with Crippen molar-refractivity contribution in [2.45, 2.75) is 6.42 Å². The lowest BCUT2D eigenvalue weighted by atomic mass is 9.85. The van der Waals surface area contributed by atoms with E-state index in [1.807, 2.05) is 0 Å². The molecule has 2 aliphatic carbocycles. The van der Waals surface area contributed by atoms with Crippen molar-refractivity contribution in [2.24, 2.45) is 23.7 Å². The standard InChI is InChI=1S/C18H17ClN2O3/c19-13-3-1-2-12(9-13)16(22)20-6-7-21-17(23)14-10-4-5-11(8-10)15(14)18(21)24/h1-5,9-11,14-15H,6-8H2,(H,20,22). The Morgan fingerprint density at radius 1 is 1.17 bits per heavy atom. The maximum Gasteiger partial charge on any atom is 0.251 e. The average molecular weight is 345 g/mol. The SMILES string of the molecule is O=C(NCCN1C(=O)C2C3C=CC(C3)C2C1=O)c1cccc(Cl)c1. The first-order valence-corrected chi connectivity index (χ1v) is 8.51. The van der Waals surface area contributed by atoms with Gasteiger partial charge in [-0.05, 0) is 36.5 Å². The van der Waals surface area contributed by atoms with Crippen molar-refractivity contribution in [3.8, 4) is 0 Å². The van der Waals surface area contributed by atoms with Crippen LogP contribution in [0.5, 0.6) is 0 Å². The minimum absolute atomic E-state index is 0.0844. The molecule has 6 heteroatoms. The summed E-state index contributed by atoms with van der Waals surface area (Å²) >= 11 is 5.87. The molecular formula is C18H17ClN2O3. The summed E-state index contributed by atoms with van der Waals surface area (Å²) < 4.78 is 0. The largest absolute Gasteiger partial charge is 0.350 e. The fourth-order valence-electron chi connectivity index (χ4n) is 4.20. The first kappa shape index (κ1) is 15.4. The number of carbonyl (C=O) groups is 3. The number of amides is 3. The van der Waals surface area contributed by atoms with E-state index >= 15 is 0 Å². The number of benzene rings is 1. The number of halogens is 1. The van der Waals surface area contributed by atoms with Gasteiger partial charge in [0.25, 0.3) is 5.91 Å². The first-order valence-electron chi connectivity index (χ1n) is 8.13. The predicted molar refractivity (Wildman–Crippen MR) is 88.2 cm³/mol. The van der Waals surface area contributed by atoms with Gasteiger partial charge in [-0.25, -0.2) is 0 Å². The van der Waals surface area contributed by atoms with Gasteiger partial charge in [-0.2, -0.15) is 0 Å². The van der Waals surface area contributed by atoms with E-state index in [4.69, 9.17) is 11.6 Å². The molecule has 24 heavy (non-hydrogen) atoms. The van der Waals surface area contributed by atoms with Crippen LogP contribution in [0.2, 0.25) is 5.02 Å². The highest BCUT2D eigenvalue weighted by Gasteiger charge is 2.58. The van der Waals surface area contributed by atoms with Gasteiger partial charge in [0.1, 0.15) is 0 Å². The van der Waals surface area contributed by atoms with E-state index in [1.54, 1.807) is 24.3 Å². The number of rotatable bonds is 4. The van der Waals surface area contributed by atoms with E-state index in [9.17, 15) is 14.4 Å². The molecule has 1 heterocycles. The van der Waals surface area contributed by atoms with Crippen LogP contribution in [0.25, 0.3) is 0 Å². The Morgan fingerprint density at radius 3 is 2.46 bits per heavy atom. The van der Waals surface area contributed by atoms with Crippen molar-refractivity contribution in [3.05, 3.63) is 47.0 Å². The average Bonchev–Trinajstić information content (AvgIpc) is 3.24. The van der Waals surface area contributed by atoms with E-state index in [1.165, 1.54) is 4.90 Å². The number of fused-ring (bicyclic) bond motifs is 5. The second kappa shape index (κ2) is 5.74. The highest BCUT2D eigenvalue weighted by atomic mass is 35.5. The molecule has 124 valence electrons. The van der Waals surface area contributed by atoms with E-state index in [0.29, 0.717) is 10.6 Å². The monoisotopic (exact) mass is 344 g/mol. The van der Waals surface area contributed by atoms with Crippen LogP contribution in [0.4, 0.5) is 0 Å². The lowest BCUT2D eigenvalue weighted by Gasteiger charge is -2.17. The van der Waals surface area contributed by atoms with Crippen LogP contribution in [0.1, 0.15) is 16.8 Å². The van der Waals surface area contributed by atoms with Crippen molar-refractivity contribution in [3.63, 3.8) is 0 Å². The van der Waals surface area contributed by atoms with Crippen LogP contribution in [-0.4, -0.2) is 35.7 Å². The smallest absolute Gasteiger partial charge is 0.251 e. The minimum Gasteiger partial charge on any atom is -0.350 e. The van der Waals surface area contributed by atoms with Crippen molar-refractivity contribution in [2.75, 3.05) is 13.1 Å². The van der Waals surface area contributed by atoms with Crippen molar-refractivity contribution >= 4 is 29.3 Å². The van der Waals surface area contributed by atoms with E-state index < -0.39 is 0 Å². The topological polar surface area (TPSA) is 66.5 Å². The molecule has 3 aliphatic rings. The Balaban J connectivity index is 1.36. The molecule has 1 aromatic rings. The Kier molecular flexibility index (Phi) is 3.68. The second-order valence-corrected chi connectivity index (χ2v) is 7.03. The Morgan fingerprint density at radius 2 is 1.83 bits per heavy atom. The molecule has 5 nitrogen and oxygen atoms in total. The first-order chi connectivity index (χ1) is 11.6. The molecule has 4 unspecified atom stereocenters. The zero-order chi connectivity index (χ0) is 16.8. The number of imide groups is 1. The van der Waals surface area contributed by atoms with E-state index in [0.717, 1.165) is 6.42 Å². The third-order valence-corrected chi connectivity index (χ3v) is 5.50. The number of nitrogens with zero attached hydrogens (tertiary/aromatic N) is 1. The molecule has 1 saturated carbocycles. The van der Waals surface area contributed by atoms with E-state index in [2.05, 4.69) is 17.5 Å². The van der Waals surface area contributed by atoms with Crippen molar-refractivity contribution in [1.82, 2.24) is 10.2 Å². The molecule has 1 aromatic carbocycles. The number of carbonyl (C=O) groups excluding carboxylic acids is 3. The fourth-order valence-corrected chi connectivity index (χ4v) is 4.39. The summed E-state index contributed by atoms with van der Waals surface area (Å²) in [5.74, 6) is -0.381. The number of hydrogen-bond acceptors (Lipinski definition) is 3. The molecule has 0 radical (unpaired) electrons. The van der Waals surface area contributed by atoms with Gasteiger partial charge in [-0.1, -0.05) is 29.8 Å². The molecule has 1 N–H and O–H groups in total. The summed E-state index contributed by atoms with van der Waals surface area (Å²) in [7, 11) is 0. The normalized spacial score (nSPS) is 30.1. The van der Waals surface area contributed by atoms with Gasteiger partial charge in [0.15, 0.2) is 0 Å². The minimum atomic E-state index is -0.265. The van der Waals surface area contributed by atoms with Crippen molar-refractivity contribution < 1.29 is 14.4 Å². The molecule has 0 spiro atoms. The Labute approximate surface area is 144 Å². The summed E-state index contributed by atoms with van der Waals surface area (Å²) in [5.41, 5.74) is 0.459. The lowest BCUT2D eigenvalue weighted by Crippen LogP contribution is -2.39. The highest BCUT2D eigenvalue weighted by molar-refractivity contribution is 6.30. The highest BCUT2D eigenvalue weighted by Crippen LogP contribution is 2.52. The third kappa shape index (κ3) is 2.35. The van der Waals surface area contributed by atoms with Gasteiger partial charge in [0.05, 0.1) is 11.8 Å². The Bertz CT molecular complexity index is 730. The zero-order valence-electron chi connectivity index (χ0n) is 12.9. The van der Waals surface area contributed by atoms with Crippen molar-refractivity contribution in [1.29, 1.82) is 0 Å². The summed E-state index contributed by atoms with van der Waals surface area (Å²) in [4.78, 5) is 38.4. The molecule has 1 saturated heterocycles. The molecular weight excluding hydrogens is 328 g/mol. The summed E-state index contributed by atoms with van der Waals surface area (Å²) in [6, 6.07) is 6.65.